The van der Waals surface area contributed by atoms with Crippen LogP contribution in [0.15, 0.2) is 30.3 Å². The largest absolute Gasteiger partial charge is 0.493 e. The summed E-state index contributed by atoms with van der Waals surface area (Å²) in [6, 6.07) is 7.34. The number of rotatable bonds is 15. The number of unbranched alkanes of at least 4 members (excludes halogenated alkanes) is 2. The van der Waals surface area contributed by atoms with Gasteiger partial charge in [-0.25, -0.2) is 8.42 Å². The lowest BCUT2D eigenvalue weighted by Crippen LogP contribution is -2.38. The molecule has 0 radical (unpaired) electrons. The number of aryl methyl sites for hydroxylation is 1. The van der Waals surface area contributed by atoms with Crippen LogP contribution in [-0.2, 0) is 27.6 Å². The summed E-state index contributed by atoms with van der Waals surface area (Å²) >= 11 is 5.68. The van der Waals surface area contributed by atoms with Crippen LogP contribution in [0.1, 0.15) is 83.0 Å². The van der Waals surface area contributed by atoms with Gasteiger partial charge >= 0.3 is 0 Å². The summed E-state index contributed by atoms with van der Waals surface area (Å²) in [6.07, 6.45) is 4.56. The minimum absolute atomic E-state index is 0.0356. The Morgan fingerprint density at radius 2 is 1.70 bits per heavy atom. The van der Waals surface area contributed by atoms with Gasteiger partial charge in [0.15, 0.2) is 11.5 Å². The quantitative estimate of drug-likeness (QED) is 0.184. The zero-order valence-corrected chi connectivity index (χ0v) is 25.0. The number of ether oxygens (including phenoxy) is 2. The van der Waals surface area contributed by atoms with E-state index in [2.05, 4.69) is 12.2 Å². The van der Waals surface area contributed by atoms with Gasteiger partial charge in [0.1, 0.15) is 9.84 Å². The third-order valence-corrected chi connectivity index (χ3v) is 7.85. The van der Waals surface area contributed by atoms with Crippen molar-refractivity contribution >= 4 is 39.2 Å². The van der Waals surface area contributed by atoms with E-state index in [9.17, 15) is 22.8 Å². The van der Waals surface area contributed by atoms with Gasteiger partial charge in [0, 0.05) is 25.1 Å². The minimum Gasteiger partial charge on any atom is -0.493 e. The zero-order valence-electron chi connectivity index (χ0n) is 23.4. The first-order chi connectivity index (χ1) is 19.1. The van der Waals surface area contributed by atoms with E-state index in [1.54, 1.807) is 31.2 Å². The molecule has 40 heavy (non-hydrogen) atoms. The van der Waals surface area contributed by atoms with Crippen molar-refractivity contribution in [3.05, 3.63) is 58.1 Å². The smallest absolute Gasteiger partial charge is 0.262 e. The van der Waals surface area contributed by atoms with Crippen LogP contribution >= 0.6 is 11.6 Å². The number of amides is 3. The van der Waals surface area contributed by atoms with Crippen molar-refractivity contribution in [3.63, 3.8) is 0 Å². The molecule has 9 nitrogen and oxygen atoms in total. The highest BCUT2D eigenvalue weighted by atomic mass is 35.5. The molecule has 218 valence electrons. The Hall–Kier alpha value is -3.11. The van der Waals surface area contributed by atoms with Crippen molar-refractivity contribution in [1.29, 1.82) is 0 Å². The van der Waals surface area contributed by atoms with E-state index in [-0.39, 0.29) is 35.9 Å². The number of carbonyl (C=O) groups is 3. The van der Waals surface area contributed by atoms with Crippen molar-refractivity contribution < 1.29 is 32.3 Å². The summed E-state index contributed by atoms with van der Waals surface area (Å²) in [4.78, 5) is 41.2. The highest BCUT2D eigenvalue weighted by Gasteiger charge is 2.44. The molecule has 0 aliphatic carbocycles. The van der Waals surface area contributed by atoms with E-state index in [4.69, 9.17) is 21.1 Å². The third kappa shape index (κ3) is 7.34. The topological polar surface area (TPSA) is 119 Å². The van der Waals surface area contributed by atoms with Gasteiger partial charge in [-0.3, -0.25) is 19.3 Å². The van der Waals surface area contributed by atoms with E-state index in [0.29, 0.717) is 35.7 Å². The van der Waals surface area contributed by atoms with E-state index in [1.807, 2.05) is 6.07 Å². The molecule has 0 spiro atoms. The molecule has 2 aromatic carbocycles. The maximum Gasteiger partial charge on any atom is 0.262 e. The number of alkyl halides is 1. The van der Waals surface area contributed by atoms with Crippen molar-refractivity contribution in [2.75, 3.05) is 31.6 Å². The van der Waals surface area contributed by atoms with Crippen LogP contribution < -0.4 is 14.8 Å². The standard InChI is InChI=1S/C29H37ClN2O7S/c1-5-7-8-9-19-10-11-21(17-31-25(33)14-15-30)27-26(19)28(34)32(29(27)35)22(18-40(4,36)37)20-12-13-23(38-3)24(16-20)39-6-2/h10-13,16,22H,5-9,14-15,17-18H2,1-4H3,(H,31,33)/t22-/m1/s1. The molecular weight excluding hydrogens is 556 g/mol. The Morgan fingerprint density at radius 3 is 2.30 bits per heavy atom. The number of nitrogens with zero attached hydrogens (tertiary/aromatic N) is 1. The number of methoxy groups -OCH3 is 1. The second-order valence-corrected chi connectivity index (χ2v) is 12.3. The molecule has 1 aliphatic rings. The Morgan fingerprint density at radius 1 is 1.02 bits per heavy atom. The summed E-state index contributed by atoms with van der Waals surface area (Å²) in [5.41, 5.74) is 2.10. The maximum absolute atomic E-state index is 14.0. The van der Waals surface area contributed by atoms with Gasteiger partial charge in [-0.05, 0) is 48.6 Å². The van der Waals surface area contributed by atoms with Gasteiger partial charge in [-0.1, -0.05) is 38.0 Å². The molecule has 0 saturated heterocycles. The summed E-state index contributed by atoms with van der Waals surface area (Å²) in [5, 5.41) is 2.75. The lowest BCUT2D eigenvalue weighted by atomic mass is 9.94. The fraction of sp³-hybridized carbons (Fsp3) is 0.483. The average Bonchev–Trinajstić information content (AvgIpc) is 3.17. The molecule has 3 rings (SSSR count). The number of carbonyl (C=O) groups excluding carboxylic acids is 3. The molecule has 1 N–H and O–H groups in total. The fourth-order valence-corrected chi connectivity index (χ4v) is 5.95. The number of benzene rings is 2. The summed E-state index contributed by atoms with van der Waals surface area (Å²) in [7, 11) is -2.15. The molecule has 3 amide bonds. The second-order valence-electron chi connectivity index (χ2n) is 9.74. The molecule has 0 unspecified atom stereocenters. The van der Waals surface area contributed by atoms with Crippen LogP contribution in [0.3, 0.4) is 0 Å². The Bertz CT molecular complexity index is 1360. The first-order valence-electron chi connectivity index (χ1n) is 13.4. The van der Waals surface area contributed by atoms with Crippen LogP contribution in [0, 0.1) is 0 Å². The van der Waals surface area contributed by atoms with Gasteiger partial charge in [0.2, 0.25) is 5.91 Å². The second kappa shape index (κ2) is 14.0. The summed E-state index contributed by atoms with van der Waals surface area (Å²) in [5.74, 6) is -0.918. The Labute approximate surface area is 241 Å². The van der Waals surface area contributed by atoms with Crippen molar-refractivity contribution in [2.24, 2.45) is 0 Å². The van der Waals surface area contributed by atoms with E-state index in [1.165, 1.54) is 7.11 Å². The van der Waals surface area contributed by atoms with Gasteiger partial charge in [-0.2, -0.15) is 0 Å². The van der Waals surface area contributed by atoms with Crippen LogP contribution in [0.25, 0.3) is 0 Å². The molecule has 1 aliphatic heterocycles. The predicted octanol–water partition coefficient (Wildman–Crippen LogP) is 4.45. The average molecular weight is 593 g/mol. The first-order valence-corrected chi connectivity index (χ1v) is 16.0. The van der Waals surface area contributed by atoms with Crippen LogP contribution in [0.4, 0.5) is 0 Å². The Kier molecular flexibility index (Phi) is 11.0. The normalized spacial score (nSPS) is 13.8. The van der Waals surface area contributed by atoms with Crippen LogP contribution in [0.5, 0.6) is 11.5 Å². The number of hydrogen-bond acceptors (Lipinski definition) is 7. The number of imide groups is 1. The molecule has 2 aromatic rings. The number of hydrogen-bond donors (Lipinski definition) is 1. The fourth-order valence-electron chi connectivity index (χ4n) is 4.86. The molecule has 11 heteroatoms. The zero-order chi connectivity index (χ0) is 29.4. The lowest BCUT2D eigenvalue weighted by molar-refractivity contribution is -0.120. The first kappa shape index (κ1) is 31.4. The number of nitrogens with one attached hydrogen (secondary N) is 1. The highest BCUT2D eigenvalue weighted by molar-refractivity contribution is 7.90. The summed E-state index contributed by atoms with van der Waals surface area (Å²) in [6.45, 7) is 4.25. The van der Waals surface area contributed by atoms with Gasteiger partial charge in [0.05, 0.1) is 36.6 Å². The van der Waals surface area contributed by atoms with Crippen LogP contribution in [0.2, 0.25) is 0 Å². The molecule has 1 heterocycles. The summed E-state index contributed by atoms with van der Waals surface area (Å²) < 4.78 is 36.2. The minimum atomic E-state index is -3.64. The number of halogens is 1. The maximum atomic E-state index is 14.0. The molecule has 1 atom stereocenters. The molecule has 0 fully saturated rings. The number of fused-ring (bicyclic) bond motifs is 1. The SMILES string of the molecule is CCCCCc1ccc(CNC(=O)CCCl)c2c1C(=O)N([C@H](CS(C)(=O)=O)c1ccc(OC)c(OCC)c1)C2=O. The Balaban J connectivity index is 2.13. The van der Waals surface area contributed by atoms with E-state index < -0.39 is 33.4 Å². The van der Waals surface area contributed by atoms with Gasteiger partial charge in [-0.15, -0.1) is 11.6 Å². The third-order valence-electron chi connectivity index (χ3n) is 6.74. The van der Waals surface area contributed by atoms with Crippen molar-refractivity contribution in [3.8, 4) is 11.5 Å². The molecular formula is C29H37ClN2O7S. The molecule has 0 aromatic heterocycles. The molecule has 0 bridgehead atoms. The highest BCUT2D eigenvalue weighted by Crippen LogP contribution is 2.39. The lowest BCUT2D eigenvalue weighted by Gasteiger charge is -2.27. The van der Waals surface area contributed by atoms with Crippen LogP contribution in [-0.4, -0.2) is 62.6 Å². The van der Waals surface area contributed by atoms with Crippen molar-refractivity contribution in [1.82, 2.24) is 10.2 Å². The van der Waals surface area contributed by atoms with E-state index in [0.717, 1.165) is 36.0 Å². The number of sulfone groups is 1. The predicted molar refractivity (Wildman–Crippen MR) is 154 cm³/mol. The van der Waals surface area contributed by atoms with E-state index >= 15 is 0 Å². The molecule has 0 saturated carbocycles. The van der Waals surface area contributed by atoms with Gasteiger partial charge in [0.25, 0.3) is 11.8 Å². The van der Waals surface area contributed by atoms with Gasteiger partial charge < -0.3 is 14.8 Å². The monoisotopic (exact) mass is 592 g/mol. The van der Waals surface area contributed by atoms with Crippen molar-refractivity contribution in [2.45, 2.75) is 58.5 Å².